The molecule has 8 heteroatoms. The lowest BCUT2D eigenvalue weighted by Gasteiger charge is -2.07. The zero-order valence-electron chi connectivity index (χ0n) is 12.6. The van der Waals surface area contributed by atoms with Crippen molar-refractivity contribution < 1.29 is 13.6 Å². The number of nitrogens with zero attached hydrogens (tertiary/aromatic N) is 3. The van der Waals surface area contributed by atoms with Gasteiger partial charge in [0.15, 0.2) is 0 Å². The number of nitrogens with one attached hydrogen (secondary N) is 2. The van der Waals surface area contributed by atoms with Crippen molar-refractivity contribution in [1.82, 2.24) is 20.2 Å². The minimum Gasteiger partial charge on any atom is -0.297 e. The molecule has 0 unspecified atom stereocenters. The standard InChI is InChI=1S/C16H13F2N5O/c1-23-14(8-13(22-23)10-2-4-11(17)5-3-10)16(24)21-20-12-6-7-15(18)19-9-12/h2-9,20H,1H3,(H,21,24). The van der Waals surface area contributed by atoms with Crippen molar-refractivity contribution in [3.8, 4) is 11.3 Å². The smallest absolute Gasteiger partial charge is 0.287 e. The van der Waals surface area contributed by atoms with Gasteiger partial charge >= 0.3 is 0 Å². The van der Waals surface area contributed by atoms with E-state index in [0.717, 1.165) is 0 Å². The average Bonchev–Trinajstić information content (AvgIpc) is 2.96. The Kier molecular flexibility index (Phi) is 4.19. The Morgan fingerprint density at radius 2 is 1.88 bits per heavy atom. The van der Waals surface area contributed by atoms with E-state index in [4.69, 9.17) is 0 Å². The lowest BCUT2D eigenvalue weighted by atomic mass is 10.1. The molecule has 2 aromatic heterocycles. The van der Waals surface area contributed by atoms with Crippen LogP contribution in [0, 0.1) is 11.8 Å². The highest BCUT2D eigenvalue weighted by Crippen LogP contribution is 2.19. The summed E-state index contributed by atoms with van der Waals surface area (Å²) < 4.78 is 27.1. The largest absolute Gasteiger partial charge is 0.297 e. The van der Waals surface area contributed by atoms with Gasteiger partial charge in [0.1, 0.15) is 11.5 Å². The minimum absolute atomic E-state index is 0.303. The minimum atomic E-state index is -0.609. The molecule has 0 bridgehead atoms. The number of anilines is 1. The van der Waals surface area contributed by atoms with Gasteiger partial charge in [-0.05, 0) is 42.5 Å². The molecule has 122 valence electrons. The number of hydrazine groups is 1. The van der Waals surface area contributed by atoms with Crippen LogP contribution >= 0.6 is 0 Å². The molecule has 0 aliphatic carbocycles. The Balaban J connectivity index is 1.73. The fourth-order valence-electron chi connectivity index (χ4n) is 2.08. The van der Waals surface area contributed by atoms with E-state index < -0.39 is 11.9 Å². The molecule has 3 rings (SSSR count). The van der Waals surface area contributed by atoms with E-state index in [1.165, 1.54) is 35.1 Å². The van der Waals surface area contributed by atoms with Crippen molar-refractivity contribution in [3.05, 3.63) is 66.1 Å². The van der Waals surface area contributed by atoms with Crippen LogP contribution in [0.25, 0.3) is 11.3 Å². The molecule has 1 amide bonds. The number of amides is 1. The van der Waals surface area contributed by atoms with Crippen LogP contribution in [-0.2, 0) is 7.05 Å². The molecule has 3 aromatic rings. The van der Waals surface area contributed by atoms with Crippen molar-refractivity contribution in [3.63, 3.8) is 0 Å². The van der Waals surface area contributed by atoms with E-state index >= 15 is 0 Å². The number of rotatable bonds is 4. The molecule has 0 aliphatic heterocycles. The molecule has 0 fully saturated rings. The summed E-state index contributed by atoms with van der Waals surface area (Å²) in [4.78, 5) is 15.7. The van der Waals surface area contributed by atoms with E-state index in [9.17, 15) is 13.6 Å². The second kappa shape index (κ2) is 6.45. The molecule has 0 spiro atoms. The summed E-state index contributed by atoms with van der Waals surface area (Å²) in [7, 11) is 1.63. The number of hydrogen-bond donors (Lipinski definition) is 2. The Bertz CT molecular complexity index is 859. The molecule has 6 nitrogen and oxygen atoms in total. The molecule has 1 aromatic carbocycles. The topological polar surface area (TPSA) is 71.8 Å². The molecular weight excluding hydrogens is 316 g/mol. The number of aromatic nitrogens is 3. The molecule has 2 heterocycles. The number of benzene rings is 1. The van der Waals surface area contributed by atoms with Crippen LogP contribution in [0.4, 0.5) is 14.5 Å². The SMILES string of the molecule is Cn1nc(-c2ccc(F)cc2)cc1C(=O)NNc1ccc(F)nc1. The Morgan fingerprint density at radius 1 is 1.12 bits per heavy atom. The highest BCUT2D eigenvalue weighted by atomic mass is 19.1. The van der Waals surface area contributed by atoms with Crippen LogP contribution < -0.4 is 10.9 Å². The third-order valence-electron chi connectivity index (χ3n) is 3.30. The van der Waals surface area contributed by atoms with E-state index in [1.807, 2.05) is 0 Å². The molecule has 0 saturated heterocycles. The van der Waals surface area contributed by atoms with Gasteiger partial charge in [-0.15, -0.1) is 0 Å². The number of carbonyl (C=O) groups excluding carboxylic acids is 1. The van der Waals surface area contributed by atoms with E-state index in [-0.39, 0.29) is 5.82 Å². The highest BCUT2D eigenvalue weighted by Gasteiger charge is 2.14. The summed E-state index contributed by atoms with van der Waals surface area (Å²) in [6.45, 7) is 0. The van der Waals surface area contributed by atoms with Crippen molar-refractivity contribution in [1.29, 1.82) is 0 Å². The molecular formula is C16H13F2N5O. The second-order valence-corrected chi connectivity index (χ2v) is 4.99. The summed E-state index contributed by atoms with van der Waals surface area (Å²) >= 11 is 0. The molecule has 0 radical (unpaired) electrons. The van der Waals surface area contributed by atoms with Crippen molar-refractivity contribution in [2.45, 2.75) is 0 Å². The quantitative estimate of drug-likeness (QED) is 0.570. The third-order valence-corrected chi connectivity index (χ3v) is 3.30. The first-order chi connectivity index (χ1) is 11.5. The van der Waals surface area contributed by atoms with E-state index in [2.05, 4.69) is 20.9 Å². The Morgan fingerprint density at radius 3 is 2.54 bits per heavy atom. The van der Waals surface area contributed by atoms with Crippen LogP contribution in [0.5, 0.6) is 0 Å². The van der Waals surface area contributed by atoms with Crippen LogP contribution in [0.1, 0.15) is 10.5 Å². The monoisotopic (exact) mass is 329 g/mol. The number of halogens is 2. The summed E-state index contributed by atoms with van der Waals surface area (Å²) in [6.07, 6.45) is 1.25. The van der Waals surface area contributed by atoms with Gasteiger partial charge in [-0.1, -0.05) is 0 Å². The van der Waals surface area contributed by atoms with Gasteiger partial charge < -0.3 is 0 Å². The number of hydrogen-bond acceptors (Lipinski definition) is 4. The van der Waals surface area contributed by atoms with Crippen LogP contribution in [0.3, 0.4) is 0 Å². The van der Waals surface area contributed by atoms with Crippen molar-refractivity contribution in [2.75, 3.05) is 5.43 Å². The average molecular weight is 329 g/mol. The molecule has 24 heavy (non-hydrogen) atoms. The summed E-state index contributed by atoms with van der Waals surface area (Å²) in [5.74, 6) is -1.38. The molecule has 0 saturated carbocycles. The predicted octanol–water partition coefficient (Wildman–Crippen LogP) is 2.52. The van der Waals surface area contributed by atoms with Gasteiger partial charge in [0.2, 0.25) is 5.95 Å². The first-order valence-electron chi connectivity index (χ1n) is 7.01. The number of aryl methyl sites for hydroxylation is 1. The maximum atomic E-state index is 13.0. The van der Waals surface area contributed by atoms with Gasteiger partial charge in [0, 0.05) is 12.6 Å². The lowest BCUT2D eigenvalue weighted by Crippen LogP contribution is -2.30. The van der Waals surface area contributed by atoms with Crippen LogP contribution in [0.15, 0.2) is 48.7 Å². The molecule has 0 aliphatic rings. The lowest BCUT2D eigenvalue weighted by molar-refractivity contribution is 0.0953. The summed E-state index contributed by atoms with van der Waals surface area (Å²) in [5, 5.41) is 4.24. The second-order valence-electron chi connectivity index (χ2n) is 4.99. The zero-order chi connectivity index (χ0) is 17.1. The Hall–Kier alpha value is -3.29. The first-order valence-corrected chi connectivity index (χ1v) is 7.01. The van der Waals surface area contributed by atoms with Crippen molar-refractivity contribution >= 4 is 11.6 Å². The van der Waals surface area contributed by atoms with Crippen LogP contribution in [-0.4, -0.2) is 20.7 Å². The third kappa shape index (κ3) is 3.37. The van der Waals surface area contributed by atoms with Gasteiger partial charge in [-0.25, -0.2) is 9.37 Å². The normalized spacial score (nSPS) is 10.5. The summed E-state index contributed by atoms with van der Waals surface area (Å²) in [5.41, 5.74) is 7.09. The van der Waals surface area contributed by atoms with Gasteiger partial charge in [-0.2, -0.15) is 9.49 Å². The first kappa shape index (κ1) is 15.6. The van der Waals surface area contributed by atoms with Gasteiger partial charge in [-0.3, -0.25) is 20.3 Å². The van der Waals surface area contributed by atoms with E-state index in [1.54, 1.807) is 25.2 Å². The fourth-order valence-corrected chi connectivity index (χ4v) is 2.08. The van der Waals surface area contributed by atoms with Gasteiger partial charge in [0.25, 0.3) is 5.91 Å². The highest BCUT2D eigenvalue weighted by molar-refractivity contribution is 5.94. The van der Waals surface area contributed by atoms with Crippen LogP contribution in [0.2, 0.25) is 0 Å². The maximum absolute atomic E-state index is 13.0. The van der Waals surface area contributed by atoms with Crippen molar-refractivity contribution in [2.24, 2.45) is 7.05 Å². The number of pyridine rings is 1. The molecule has 0 atom stereocenters. The van der Waals surface area contributed by atoms with Gasteiger partial charge in [0.05, 0.1) is 17.6 Å². The zero-order valence-corrected chi connectivity index (χ0v) is 12.6. The maximum Gasteiger partial charge on any atom is 0.287 e. The number of carbonyl (C=O) groups is 1. The molecule has 2 N–H and O–H groups in total. The predicted molar refractivity (Wildman–Crippen MR) is 83.9 cm³/mol. The fraction of sp³-hybridized carbons (Fsp3) is 0.0625. The van der Waals surface area contributed by atoms with E-state index in [0.29, 0.717) is 22.6 Å². The Labute approximate surface area is 136 Å². The summed E-state index contributed by atoms with van der Waals surface area (Å²) in [6, 6.07) is 10.0.